The molecule has 1 aromatic carbocycles. The van der Waals surface area contributed by atoms with Gasteiger partial charge in [0.05, 0.1) is 11.8 Å². The number of hydrogen-bond acceptors (Lipinski definition) is 3. The Labute approximate surface area is 132 Å². The smallest absolute Gasteiger partial charge is 0.308 e. The number of halogens is 2. The van der Waals surface area contributed by atoms with Gasteiger partial charge in [-0.15, -0.1) is 0 Å². The average molecular weight is 332 g/mol. The summed E-state index contributed by atoms with van der Waals surface area (Å²) in [6, 6.07) is 5.16. The zero-order valence-electron chi connectivity index (χ0n) is 11.1. The largest absolute Gasteiger partial charge is 0.481 e. The second kappa shape index (κ2) is 6.64. The third-order valence-electron chi connectivity index (χ3n) is 3.74. The Hall–Kier alpha value is -1.30. The fraction of sp³-hybridized carbons (Fsp3) is 0.429. The van der Waals surface area contributed by atoms with Crippen molar-refractivity contribution >= 4 is 35.1 Å². The molecule has 2 atom stereocenters. The number of carboxylic acids is 2. The standard InChI is InChI=1S/C14H15Cl2NO4/c15-9-2-1-8(12(16)5-9)6-17-4-3-10(13(18)19)11(7-17)14(20)21/h1-2,5,10-11H,3-4,6-7H2,(H,18,19)(H,20,21). The molecule has 2 rings (SSSR count). The number of carboxylic acid groups (broad SMARTS) is 2. The van der Waals surface area contributed by atoms with Crippen LogP contribution in [0.3, 0.4) is 0 Å². The van der Waals surface area contributed by atoms with Crippen molar-refractivity contribution in [1.29, 1.82) is 0 Å². The van der Waals surface area contributed by atoms with Crippen LogP contribution in [0.25, 0.3) is 0 Å². The van der Waals surface area contributed by atoms with Crippen molar-refractivity contribution in [2.45, 2.75) is 13.0 Å². The van der Waals surface area contributed by atoms with Gasteiger partial charge in [0, 0.05) is 23.1 Å². The number of piperidine rings is 1. The maximum absolute atomic E-state index is 11.2. The molecule has 1 aliphatic rings. The van der Waals surface area contributed by atoms with Crippen LogP contribution >= 0.6 is 23.2 Å². The molecule has 2 N–H and O–H groups in total. The molecule has 1 aromatic rings. The van der Waals surface area contributed by atoms with E-state index in [-0.39, 0.29) is 6.54 Å². The molecule has 0 radical (unpaired) electrons. The first kappa shape index (κ1) is 16.1. The van der Waals surface area contributed by atoms with Crippen molar-refractivity contribution in [3.63, 3.8) is 0 Å². The summed E-state index contributed by atoms with van der Waals surface area (Å²) in [5.74, 6) is -3.86. The molecule has 7 heteroatoms. The quantitative estimate of drug-likeness (QED) is 0.886. The highest BCUT2D eigenvalue weighted by atomic mass is 35.5. The summed E-state index contributed by atoms with van der Waals surface area (Å²) in [7, 11) is 0. The maximum Gasteiger partial charge on any atom is 0.308 e. The van der Waals surface area contributed by atoms with E-state index in [0.717, 1.165) is 5.56 Å². The predicted molar refractivity (Wildman–Crippen MR) is 78.6 cm³/mol. The molecule has 0 aromatic heterocycles. The summed E-state index contributed by atoms with van der Waals surface area (Å²) >= 11 is 11.9. The van der Waals surface area contributed by atoms with Crippen LogP contribution in [0.2, 0.25) is 10.0 Å². The van der Waals surface area contributed by atoms with Crippen LogP contribution in [0.4, 0.5) is 0 Å². The van der Waals surface area contributed by atoms with Gasteiger partial charge in [-0.05, 0) is 30.7 Å². The normalized spacial score (nSPS) is 23.0. The van der Waals surface area contributed by atoms with Crippen LogP contribution in [0.5, 0.6) is 0 Å². The summed E-state index contributed by atoms with van der Waals surface area (Å²) in [5.41, 5.74) is 0.846. The zero-order valence-corrected chi connectivity index (χ0v) is 12.6. The summed E-state index contributed by atoms with van der Waals surface area (Å²) in [5, 5.41) is 19.4. The molecule has 0 spiro atoms. The molecule has 1 heterocycles. The highest BCUT2D eigenvalue weighted by molar-refractivity contribution is 6.35. The van der Waals surface area contributed by atoms with E-state index in [1.807, 2.05) is 4.90 Å². The predicted octanol–water partition coefficient (Wildman–Crippen LogP) is 2.60. The summed E-state index contributed by atoms with van der Waals surface area (Å²) in [6.45, 7) is 1.21. The minimum absolute atomic E-state index is 0.200. The van der Waals surface area contributed by atoms with E-state index < -0.39 is 23.8 Å². The Balaban J connectivity index is 2.09. The molecule has 1 fully saturated rings. The van der Waals surface area contributed by atoms with Crippen LogP contribution < -0.4 is 0 Å². The van der Waals surface area contributed by atoms with Crippen LogP contribution in [0, 0.1) is 11.8 Å². The van der Waals surface area contributed by atoms with Crippen molar-refractivity contribution in [3.05, 3.63) is 33.8 Å². The first-order valence-electron chi connectivity index (χ1n) is 6.50. The Morgan fingerprint density at radius 3 is 2.43 bits per heavy atom. The third kappa shape index (κ3) is 3.87. The van der Waals surface area contributed by atoms with Crippen LogP contribution in [-0.4, -0.2) is 40.1 Å². The Morgan fingerprint density at radius 1 is 1.19 bits per heavy atom. The van der Waals surface area contributed by atoms with E-state index in [1.54, 1.807) is 18.2 Å². The molecule has 21 heavy (non-hydrogen) atoms. The van der Waals surface area contributed by atoms with Crippen LogP contribution in [0.1, 0.15) is 12.0 Å². The molecular weight excluding hydrogens is 317 g/mol. The second-order valence-corrected chi connectivity index (χ2v) is 5.99. The number of rotatable bonds is 4. The van der Waals surface area contributed by atoms with Gasteiger partial charge < -0.3 is 10.2 Å². The zero-order chi connectivity index (χ0) is 15.6. The summed E-state index contributed by atoms with van der Waals surface area (Å²) in [6.07, 6.45) is 0.317. The van der Waals surface area contributed by atoms with Gasteiger partial charge in [-0.25, -0.2) is 0 Å². The lowest BCUT2D eigenvalue weighted by atomic mass is 9.85. The monoisotopic (exact) mass is 331 g/mol. The lowest BCUT2D eigenvalue weighted by Gasteiger charge is -2.34. The second-order valence-electron chi connectivity index (χ2n) is 5.15. The molecule has 0 bridgehead atoms. The van der Waals surface area contributed by atoms with Crippen LogP contribution in [0.15, 0.2) is 18.2 Å². The van der Waals surface area contributed by atoms with Crippen molar-refractivity contribution in [2.24, 2.45) is 11.8 Å². The number of carbonyl (C=O) groups is 2. The molecule has 2 unspecified atom stereocenters. The fourth-order valence-corrected chi connectivity index (χ4v) is 3.07. The Morgan fingerprint density at radius 2 is 1.86 bits per heavy atom. The number of hydrogen-bond donors (Lipinski definition) is 2. The van der Waals surface area contributed by atoms with E-state index in [1.165, 1.54) is 0 Å². The van der Waals surface area contributed by atoms with Gasteiger partial charge in [0.2, 0.25) is 0 Å². The van der Waals surface area contributed by atoms with Crippen molar-refractivity contribution in [3.8, 4) is 0 Å². The average Bonchev–Trinajstić information content (AvgIpc) is 2.41. The van der Waals surface area contributed by atoms with Gasteiger partial charge in [0.15, 0.2) is 0 Å². The number of benzene rings is 1. The molecule has 1 aliphatic heterocycles. The number of aliphatic carboxylic acids is 2. The first-order valence-corrected chi connectivity index (χ1v) is 7.26. The molecule has 0 aliphatic carbocycles. The van der Waals surface area contributed by atoms with E-state index in [9.17, 15) is 14.7 Å². The molecule has 5 nitrogen and oxygen atoms in total. The first-order chi connectivity index (χ1) is 9.88. The van der Waals surface area contributed by atoms with E-state index in [0.29, 0.717) is 29.6 Å². The lowest BCUT2D eigenvalue weighted by molar-refractivity contribution is -0.157. The van der Waals surface area contributed by atoms with E-state index in [4.69, 9.17) is 28.3 Å². The molecule has 1 saturated heterocycles. The van der Waals surface area contributed by atoms with Gasteiger partial charge in [-0.2, -0.15) is 0 Å². The third-order valence-corrected chi connectivity index (χ3v) is 4.33. The van der Waals surface area contributed by atoms with E-state index in [2.05, 4.69) is 0 Å². The van der Waals surface area contributed by atoms with Crippen molar-refractivity contribution in [1.82, 2.24) is 4.90 Å². The fourth-order valence-electron chi connectivity index (χ4n) is 2.60. The SMILES string of the molecule is O=C(O)C1CCN(Cc2ccc(Cl)cc2Cl)CC1C(=O)O. The number of likely N-dealkylation sites (tertiary alicyclic amines) is 1. The molecular formula is C14H15Cl2NO4. The summed E-state index contributed by atoms with van der Waals surface area (Å²) < 4.78 is 0. The van der Waals surface area contributed by atoms with Crippen LogP contribution in [-0.2, 0) is 16.1 Å². The van der Waals surface area contributed by atoms with Gasteiger partial charge >= 0.3 is 11.9 Å². The van der Waals surface area contributed by atoms with Gasteiger partial charge in [0.1, 0.15) is 0 Å². The van der Waals surface area contributed by atoms with Gasteiger partial charge in [-0.1, -0.05) is 29.3 Å². The number of nitrogens with zero attached hydrogens (tertiary/aromatic N) is 1. The van der Waals surface area contributed by atoms with E-state index >= 15 is 0 Å². The topological polar surface area (TPSA) is 77.8 Å². The van der Waals surface area contributed by atoms with Gasteiger partial charge in [-0.3, -0.25) is 14.5 Å². The lowest BCUT2D eigenvalue weighted by Crippen LogP contribution is -2.46. The minimum atomic E-state index is -1.07. The highest BCUT2D eigenvalue weighted by Gasteiger charge is 2.38. The highest BCUT2D eigenvalue weighted by Crippen LogP contribution is 2.28. The summed E-state index contributed by atoms with van der Waals surface area (Å²) in [4.78, 5) is 24.3. The molecule has 0 saturated carbocycles. The molecule has 114 valence electrons. The Kier molecular flexibility index (Phi) is 5.08. The van der Waals surface area contributed by atoms with Crippen molar-refractivity contribution < 1.29 is 19.8 Å². The minimum Gasteiger partial charge on any atom is -0.481 e. The molecule has 0 amide bonds. The Bertz CT molecular complexity index is 564. The maximum atomic E-state index is 11.2. The van der Waals surface area contributed by atoms with Crippen molar-refractivity contribution in [2.75, 3.05) is 13.1 Å². The van der Waals surface area contributed by atoms with Gasteiger partial charge in [0.25, 0.3) is 0 Å².